The molecule has 0 amide bonds. The molecule has 2 rings (SSSR count). The van der Waals surface area contributed by atoms with Gasteiger partial charge in [-0.05, 0) is 23.8 Å². The lowest BCUT2D eigenvalue weighted by atomic mass is 10.2. The predicted molar refractivity (Wildman–Crippen MR) is 52.7 cm³/mol. The third kappa shape index (κ3) is 1.76. The van der Waals surface area contributed by atoms with Gasteiger partial charge in [0.05, 0.1) is 0 Å². The maximum absolute atomic E-state index is 2.33. The lowest BCUT2D eigenvalue weighted by Crippen LogP contribution is -1.71. The zero-order valence-corrected chi connectivity index (χ0v) is 7.40. The van der Waals surface area contributed by atoms with E-state index in [1.165, 1.54) is 12.0 Å². The first-order chi connectivity index (χ1) is 5.86. The maximum Gasteiger partial charge on any atom is -0.0201 e. The molecule has 0 radical (unpaired) electrons. The van der Waals surface area contributed by atoms with Gasteiger partial charge >= 0.3 is 0 Å². The minimum atomic E-state index is 0.852. The van der Waals surface area contributed by atoms with Crippen molar-refractivity contribution in [3.8, 4) is 0 Å². The Labute approximate surface area is 73.9 Å². The number of benzene rings is 1. The summed E-state index contributed by atoms with van der Waals surface area (Å²) in [6.45, 7) is 2.31. The molecular weight excluding hydrogens is 144 g/mol. The average molecular weight is 158 g/mol. The molecule has 1 fully saturated rings. The van der Waals surface area contributed by atoms with Crippen molar-refractivity contribution in [2.24, 2.45) is 11.8 Å². The fraction of sp³-hybridized carbons (Fsp3) is 0.333. The topological polar surface area (TPSA) is 0 Å². The zero-order chi connectivity index (χ0) is 8.39. The molecule has 1 aliphatic carbocycles. The molecule has 1 aromatic carbocycles. The Hall–Kier alpha value is -1.04. The van der Waals surface area contributed by atoms with Crippen molar-refractivity contribution in [3.63, 3.8) is 0 Å². The summed E-state index contributed by atoms with van der Waals surface area (Å²) < 4.78 is 0. The lowest BCUT2D eigenvalue weighted by Gasteiger charge is -1.89. The lowest BCUT2D eigenvalue weighted by molar-refractivity contribution is 0.902. The van der Waals surface area contributed by atoms with Crippen molar-refractivity contribution in [3.05, 3.63) is 42.0 Å². The van der Waals surface area contributed by atoms with Gasteiger partial charge in [-0.3, -0.25) is 0 Å². The summed E-state index contributed by atoms with van der Waals surface area (Å²) in [5.74, 6) is 1.77. The molecule has 0 spiro atoms. The number of allylic oxidation sites excluding steroid dienone is 1. The maximum atomic E-state index is 2.33. The zero-order valence-electron chi connectivity index (χ0n) is 7.40. The fourth-order valence-corrected chi connectivity index (χ4v) is 1.42. The van der Waals surface area contributed by atoms with Crippen molar-refractivity contribution in [1.29, 1.82) is 0 Å². The Kier molecular flexibility index (Phi) is 1.99. The molecule has 0 heteroatoms. The van der Waals surface area contributed by atoms with Crippen molar-refractivity contribution >= 4 is 6.08 Å². The van der Waals surface area contributed by atoms with E-state index >= 15 is 0 Å². The number of hydrogen-bond donors (Lipinski definition) is 0. The van der Waals surface area contributed by atoms with Crippen LogP contribution in [-0.4, -0.2) is 0 Å². The summed E-state index contributed by atoms with van der Waals surface area (Å²) in [5.41, 5.74) is 1.32. The van der Waals surface area contributed by atoms with Crippen molar-refractivity contribution in [1.82, 2.24) is 0 Å². The van der Waals surface area contributed by atoms with Gasteiger partial charge in [0.25, 0.3) is 0 Å². The second-order valence-corrected chi connectivity index (χ2v) is 3.65. The van der Waals surface area contributed by atoms with Crippen LogP contribution in [0.3, 0.4) is 0 Å². The van der Waals surface area contributed by atoms with E-state index in [1.54, 1.807) is 0 Å². The second kappa shape index (κ2) is 3.14. The van der Waals surface area contributed by atoms with Crippen LogP contribution in [0.2, 0.25) is 0 Å². The highest BCUT2D eigenvalue weighted by Gasteiger charge is 2.29. The van der Waals surface area contributed by atoms with Gasteiger partial charge in [-0.25, -0.2) is 0 Å². The molecule has 0 aromatic heterocycles. The highest BCUT2D eigenvalue weighted by atomic mass is 14.3. The van der Waals surface area contributed by atoms with Crippen LogP contribution in [-0.2, 0) is 0 Å². The van der Waals surface area contributed by atoms with E-state index in [4.69, 9.17) is 0 Å². The van der Waals surface area contributed by atoms with Crippen LogP contribution in [0, 0.1) is 11.8 Å². The molecule has 0 saturated heterocycles. The van der Waals surface area contributed by atoms with Crippen molar-refractivity contribution in [2.75, 3.05) is 0 Å². The number of hydrogen-bond acceptors (Lipinski definition) is 0. The molecule has 12 heavy (non-hydrogen) atoms. The third-order valence-corrected chi connectivity index (χ3v) is 2.51. The van der Waals surface area contributed by atoms with Crippen LogP contribution in [0.1, 0.15) is 18.9 Å². The summed E-state index contributed by atoms with van der Waals surface area (Å²) in [4.78, 5) is 0. The fourth-order valence-electron chi connectivity index (χ4n) is 1.42. The third-order valence-electron chi connectivity index (χ3n) is 2.51. The van der Waals surface area contributed by atoms with E-state index in [0.717, 1.165) is 11.8 Å². The molecule has 2 atom stereocenters. The second-order valence-electron chi connectivity index (χ2n) is 3.65. The van der Waals surface area contributed by atoms with Crippen molar-refractivity contribution in [2.45, 2.75) is 13.3 Å². The van der Waals surface area contributed by atoms with Gasteiger partial charge in [-0.1, -0.05) is 49.4 Å². The molecule has 0 heterocycles. The standard InChI is InChI=1S/C12H14/c1-10-9-12(10)8-7-11-5-3-2-4-6-11/h2-8,10,12H,9H2,1H3/b8-7-. The van der Waals surface area contributed by atoms with E-state index in [1.807, 2.05) is 0 Å². The van der Waals surface area contributed by atoms with Gasteiger partial charge < -0.3 is 0 Å². The molecule has 0 nitrogen and oxygen atoms in total. The van der Waals surface area contributed by atoms with Gasteiger partial charge in [0.15, 0.2) is 0 Å². The SMILES string of the molecule is CC1CC1/C=C\c1ccccc1. The molecule has 62 valence electrons. The Morgan fingerprint density at radius 1 is 1.25 bits per heavy atom. The summed E-state index contributed by atoms with van der Waals surface area (Å²) >= 11 is 0. The van der Waals surface area contributed by atoms with Crippen LogP contribution in [0.4, 0.5) is 0 Å². The predicted octanol–water partition coefficient (Wildman–Crippen LogP) is 3.36. The molecule has 1 aliphatic rings. The van der Waals surface area contributed by atoms with E-state index in [-0.39, 0.29) is 0 Å². The minimum Gasteiger partial charge on any atom is -0.0805 e. The molecule has 1 saturated carbocycles. The van der Waals surface area contributed by atoms with E-state index in [9.17, 15) is 0 Å². The van der Waals surface area contributed by atoms with Gasteiger partial charge in [0.1, 0.15) is 0 Å². The first kappa shape index (κ1) is 7.60. The molecule has 0 aliphatic heterocycles. The summed E-state index contributed by atoms with van der Waals surface area (Å²) in [6.07, 6.45) is 5.94. The molecule has 2 unspecified atom stereocenters. The Morgan fingerprint density at radius 3 is 2.50 bits per heavy atom. The van der Waals surface area contributed by atoms with E-state index < -0.39 is 0 Å². The Bertz CT molecular complexity index is 271. The molecule has 0 N–H and O–H groups in total. The van der Waals surface area contributed by atoms with Crippen molar-refractivity contribution < 1.29 is 0 Å². The summed E-state index contributed by atoms with van der Waals surface area (Å²) in [7, 11) is 0. The quantitative estimate of drug-likeness (QED) is 0.619. The average Bonchev–Trinajstić information content (AvgIpc) is 2.81. The van der Waals surface area contributed by atoms with Gasteiger partial charge in [0.2, 0.25) is 0 Å². The first-order valence-electron chi connectivity index (χ1n) is 4.59. The van der Waals surface area contributed by atoms with Gasteiger partial charge in [-0.15, -0.1) is 0 Å². The molecule has 0 bridgehead atoms. The number of rotatable bonds is 2. The molecule has 1 aromatic rings. The largest absolute Gasteiger partial charge is 0.0805 e. The summed E-state index contributed by atoms with van der Waals surface area (Å²) in [5, 5.41) is 0. The normalized spacial score (nSPS) is 27.8. The highest BCUT2D eigenvalue weighted by Crippen LogP contribution is 2.39. The van der Waals surface area contributed by atoms with Crippen LogP contribution in [0.25, 0.3) is 6.08 Å². The van der Waals surface area contributed by atoms with Crippen LogP contribution in [0.5, 0.6) is 0 Å². The smallest absolute Gasteiger partial charge is 0.0201 e. The minimum absolute atomic E-state index is 0.852. The monoisotopic (exact) mass is 158 g/mol. The Balaban J connectivity index is 1.99. The first-order valence-corrected chi connectivity index (χ1v) is 4.59. The van der Waals surface area contributed by atoms with Gasteiger partial charge in [-0.2, -0.15) is 0 Å². The van der Waals surface area contributed by atoms with Gasteiger partial charge in [0, 0.05) is 0 Å². The van der Waals surface area contributed by atoms with E-state index in [2.05, 4.69) is 49.4 Å². The Morgan fingerprint density at radius 2 is 1.92 bits per heavy atom. The highest BCUT2D eigenvalue weighted by molar-refractivity contribution is 5.49. The van der Waals surface area contributed by atoms with Crippen LogP contribution >= 0.6 is 0 Å². The molecular formula is C12H14. The van der Waals surface area contributed by atoms with Crippen LogP contribution in [0.15, 0.2) is 36.4 Å². The van der Waals surface area contributed by atoms with Crippen LogP contribution < -0.4 is 0 Å². The van der Waals surface area contributed by atoms with E-state index in [0.29, 0.717) is 0 Å². The summed E-state index contributed by atoms with van der Waals surface area (Å²) in [6, 6.07) is 10.5.